The van der Waals surface area contributed by atoms with Crippen LogP contribution in [0.25, 0.3) is 0 Å². The molecule has 1 aromatic rings. The SMILES string of the molecule is C[N+](C)(C)Cc1cc(Br)cc(Br)c1N.[I-]. The molecule has 0 saturated carbocycles. The molecule has 0 amide bonds. The normalized spacial score (nSPS) is 11.0. The molecule has 1 rings (SSSR count). The largest absolute Gasteiger partial charge is 1.00 e. The van der Waals surface area contributed by atoms with Crippen LogP contribution in [0.1, 0.15) is 5.56 Å². The molecule has 15 heavy (non-hydrogen) atoms. The van der Waals surface area contributed by atoms with Crippen molar-refractivity contribution in [3.63, 3.8) is 0 Å². The lowest BCUT2D eigenvalue weighted by atomic mass is 10.1. The van der Waals surface area contributed by atoms with Gasteiger partial charge in [-0.1, -0.05) is 15.9 Å². The van der Waals surface area contributed by atoms with Crippen molar-refractivity contribution in [2.24, 2.45) is 0 Å². The molecule has 0 fully saturated rings. The minimum Gasteiger partial charge on any atom is -1.00 e. The van der Waals surface area contributed by atoms with Gasteiger partial charge in [0.25, 0.3) is 0 Å². The molecular weight excluding hydrogens is 435 g/mol. The number of nitrogen functional groups attached to an aromatic ring is 1. The van der Waals surface area contributed by atoms with Crippen molar-refractivity contribution in [3.8, 4) is 0 Å². The Morgan fingerprint density at radius 1 is 1.20 bits per heavy atom. The molecule has 0 bridgehead atoms. The van der Waals surface area contributed by atoms with Crippen molar-refractivity contribution in [1.29, 1.82) is 0 Å². The van der Waals surface area contributed by atoms with Gasteiger partial charge in [-0.2, -0.15) is 0 Å². The first-order valence-corrected chi connectivity index (χ1v) is 5.92. The van der Waals surface area contributed by atoms with E-state index in [2.05, 4.69) is 59.1 Å². The van der Waals surface area contributed by atoms with Crippen molar-refractivity contribution in [1.82, 2.24) is 0 Å². The molecule has 0 aromatic heterocycles. The number of rotatable bonds is 2. The highest BCUT2D eigenvalue weighted by Gasteiger charge is 2.13. The molecule has 0 radical (unpaired) electrons. The molecule has 0 unspecified atom stereocenters. The van der Waals surface area contributed by atoms with Crippen LogP contribution in [0.4, 0.5) is 5.69 Å². The first-order chi connectivity index (χ1) is 6.29. The molecule has 0 aliphatic carbocycles. The van der Waals surface area contributed by atoms with Crippen LogP contribution in [0.5, 0.6) is 0 Å². The maximum Gasteiger partial charge on any atom is 0.106 e. The maximum absolute atomic E-state index is 5.98. The topological polar surface area (TPSA) is 26.0 Å². The summed E-state index contributed by atoms with van der Waals surface area (Å²) in [6.45, 7) is 0.921. The Balaban J connectivity index is 0.00000196. The predicted molar refractivity (Wildman–Crippen MR) is 68.0 cm³/mol. The van der Waals surface area contributed by atoms with Crippen molar-refractivity contribution in [2.45, 2.75) is 6.54 Å². The average Bonchev–Trinajstić information content (AvgIpc) is 1.96. The molecule has 2 nitrogen and oxygen atoms in total. The molecule has 2 N–H and O–H groups in total. The van der Waals surface area contributed by atoms with Crippen LogP contribution in [0.3, 0.4) is 0 Å². The van der Waals surface area contributed by atoms with Gasteiger partial charge in [-0.05, 0) is 28.1 Å². The van der Waals surface area contributed by atoms with Gasteiger partial charge in [-0.15, -0.1) is 0 Å². The number of anilines is 1. The van der Waals surface area contributed by atoms with Gasteiger partial charge in [0.1, 0.15) is 6.54 Å². The van der Waals surface area contributed by atoms with Gasteiger partial charge < -0.3 is 34.2 Å². The predicted octanol–water partition coefficient (Wildman–Crippen LogP) is 0.00400. The van der Waals surface area contributed by atoms with Crippen LogP contribution < -0.4 is 29.7 Å². The maximum atomic E-state index is 5.98. The zero-order valence-corrected chi connectivity index (χ0v) is 14.3. The first kappa shape index (κ1) is 15.7. The van der Waals surface area contributed by atoms with Crippen molar-refractivity contribution < 1.29 is 28.5 Å². The third-order valence-electron chi connectivity index (χ3n) is 1.82. The Morgan fingerprint density at radius 2 is 1.73 bits per heavy atom. The third-order valence-corrected chi connectivity index (χ3v) is 2.94. The fraction of sp³-hybridized carbons (Fsp3) is 0.400. The Bertz CT molecular complexity index is 348. The average molecular weight is 450 g/mol. The summed E-state index contributed by atoms with van der Waals surface area (Å²) >= 11 is 6.90. The summed E-state index contributed by atoms with van der Waals surface area (Å²) in [5.74, 6) is 0. The number of benzene rings is 1. The van der Waals surface area contributed by atoms with E-state index >= 15 is 0 Å². The summed E-state index contributed by atoms with van der Waals surface area (Å²) in [7, 11) is 6.44. The molecule has 0 spiro atoms. The van der Waals surface area contributed by atoms with Gasteiger partial charge in [0.15, 0.2) is 0 Å². The van der Waals surface area contributed by atoms with E-state index in [0.717, 1.165) is 25.7 Å². The highest BCUT2D eigenvalue weighted by Crippen LogP contribution is 2.29. The van der Waals surface area contributed by atoms with Crippen LogP contribution in [0.2, 0.25) is 0 Å². The lowest BCUT2D eigenvalue weighted by Crippen LogP contribution is -3.00. The van der Waals surface area contributed by atoms with Gasteiger partial charge in [0.05, 0.1) is 26.8 Å². The molecule has 0 atom stereocenters. The van der Waals surface area contributed by atoms with Crippen molar-refractivity contribution in [3.05, 3.63) is 26.6 Å². The van der Waals surface area contributed by atoms with E-state index in [-0.39, 0.29) is 24.0 Å². The van der Waals surface area contributed by atoms with Crippen LogP contribution >= 0.6 is 31.9 Å². The monoisotopic (exact) mass is 448 g/mol. The standard InChI is InChI=1S/C10H15Br2N2.HI/c1-14(2,3)6-7-4-8(11)5-9(12)10(7)13;/h4-5H,6,13H2,1-3H3;1H/q+1;/p-1. The van der Waals surface area contributed by atoms with E-state index in [9.17, 15) is 0 Å². The quantitative estimate of drug-likeness (QED) is 0.384. The van der Waals surface area contributed by atoms with Gasteiger partial charge in [-0.3, -0.25) is 0 Å². The van der Waals surface area contributed by atoms with E-state index in [1.54, 1.807) is 0 Å². The molecule has 0 aliphatic rings. The van der Waals surface area contributed by atoms with Crippen LogP contribution in [-0.2, 0) is 6.54 Å². The number of halogens is 3. The number of nitrogens with zero attached hydrogens (tertiary/aromatic N) is 1. The van der Waals surface area contributed by atoms with Crippen LogP contribution in [0, 0.1) is 0 Å². The summed E-state index contributed by atoms with van der Waals surface area (Å²) in [5, 5.41) is 0. The third kappa shape index (κ3) is 5.01. The first-order valence-electron chi connectivity index (χ1n) is 4.33. The number of quaternary nitrogens is 1. The van der Waals surface area contributed by atoms with Crippen LogP contribution in [0.15, 0.2) is 21.1 Å². The zero-order chi connectivity index (χ0) is 10.9. The van der Waals surface area contributed by atoms with Crippen molar-refractivity contribution >= 4 is 37.5 Å². The molecule has 5 heteroatoms. The highest BCUT2D eigenvalue weighted by molar-refractivity contribution is 9.11. The molecule has 0 saturated heterocycles. The van der Waals surface area contributed by atoms with Gasteiger partial charge >= 0.3 is 0 Å². The zero-order valence-electron chi connectivity index (χ0n) is 9.02. The molecular formula is C10H15Br2IN2. The van der Waals surface area contributed by atoms with E-state index in [4.69, 9.17) is 5.73 Å². The lowest BCUT2D eigenvalue weighted by molar-refractivity contribution is -0.883. The second-order valence-corrected chi connectivity index (χ2v) is 6.18. The molecule has 1 aromatic carbocycles. The minimum absolute atomic E-state index is 0. The van der Waals surface area contributed by atoms with E-state index in [1.165, 1.54) is 5.56 Å². The number of hydrogen-bond donors (Lipinski definition) is 1. The van der Waals surface area contributed by atoms with E-state index in [1.807, 2.05) is 6.07 Å². The second-order valence-electron chi connectivity index (χ2n) is 4.41. The summed E-state index contributed by atoms with van der Waals surface area (Å²) < 4.78 is 2.88. The van der Waals surface area contributed by atoms with Gasteiger partial charge in [-0.25, -0.2) is 0 Å². The smallest absolute Gasteiger partial charge is 0.106 e. The Kier molecular flexibility index (Phi) is 6.10. The summed E-state index contributed by atoms with van der Waals surface area (Å²) in [4.78, 5) is 0. The fourth-order valence-corrected chi connectivity index (χ4v) is 2.59. The summed E-state index contributed by atoms with van der Waals surface area (Å²) in [6, 6.07) is 4.04. The Morgan fingerprint density at radius 3 is 2.20 bits per heavy atom. The minimum atomic E-state index is 0. The number of hydrogen-bond acceptors (Lipinski definition) is 1. The molecule has 0 heterocycles. The summed E-state index contributed by atoms with van der Waals surface area (Å²) in [6.07, 6.45) is 0. The van der Waals surface area contributed by atoms with E-state index in [0.29, 0.717) is 0 Å². The second kappa shape index (κ2) is 5.84. The summed E-state index contributed by atoms with van der Waals surface area (Å²) in [5.41, 5.74) is 7.98. The Hall–Kier alpha value is 0.670. The number of nitrogens with two attached hydrogens (primary N) is 1. The van der Waals surface area contributed by atoms with E-state index < -0.39 is 0 Å². The lowest BCUT2D eigenvalue weighted by Gasteiger charge is -2.25. The molecule has 86 valence electrons. The van der Waals surface area contributed by atoms with Gasteiger partial charge in [0.2, 0.25) is 0 Å². The highest BCUT2D eigenvalue weighted by atomic mass is 127. The Labute approximate surface area is 125 Å². The van der Waals surface area contributed by atoms with Crippen molar-refractivity contribution in [2.75, 3.05) is 26.9 Å². The van der Waals surface area contributed by atoms with Gasteiger partial charge in [0, 0.05) is 14.5 Å². The molecule has 0 aliphatic heterocycles. The van der Waals surface area contributed by atoms with Crippen LogP contribution in [-0.4, -0.2) is 25.6 Å². The fourth-order valence-electron chi connectivity index (χ4n) is 1.28.